The van der Waals surface area contributed by atoms with Crippen LogP contribution in [0.25, 0.3) is 0 Å². The summed E-state index contributed by atoms with van der Waals surface area (Å²) in [7, 11) is 0. The molecule has 0 spiro atoms. The molecule has 0 bridgehead atoms. The molecule has 15 heteroatoms. The Kier molecular flexibility index (Phi) is 8.68. The molecule has 1 aromatic carbocycles. The van der Waals surface area contributed by atoms with E-state index >= 15 is 0 Å². The number of alkyl halides is 3. The standard InChI is InChI=1S/C36H42F4N8O3/c1-22-12-24(41)13-26(31(22)36(38,39)40)30-15-28-27(20-50-30)32(43-34(42-28)51-21-35-6-4-10-47(35)18-23(16-35)17-37)46-9-5-11-48-25(19-46)14-29(44-48)33(49)45-7-2-3-8-45/h12-14,17,30H,2-11,15-16,18-21,41H2,1H3/b23-17-/t30-,35?/m0/s1. The topological polar surface area (TPSA) is 115 Å². The average molecular weight is 711 g/mol. The number of nitrogens with zero attached hydrogens (tertiary/aromatic N) is 7. The van der Waals surface area contributed by atoms with Gasteiger partial charge in [-0.25, -0.2) is 4.39 Å². The highest BCUT2D eigenvalue weighted by atomic mass is 19.4. The Morgan fingerprint density at radius 2 is 1.90 bits per heavy atom. The van der Waals surface area contributed by atoms with Gasteiger partial charge in [-0.2, -0.15) is 28.2 Å². The molecule has 5 aliphatic heterocycles. The van der Waals surface area contributed by atoms with Crippen LogP contribution in [-0.2, 0) is 37.0 Å². The molecule has 8 rings (SSSR count). The molecule has 5 aliphatic rings. The highest BCUT2D eigenvalue weighted by molar-refractivity contribution is 5.92. The van der Waals surface area contributed by atoms with Gasteiger partial charge in [0.05, 0.1) is 48.1 Å². The second kappa shape index (κ2) is 13.1. The smallest absolute Gasteiger partial charge is 0.417 e. The Morgan fingerprint density at radius 1 is 1.08 bits per heavy atom. The summed E-state index contributed by atoms with van der Waals surface area (Å²) >= 11 is 0. The summed E-state index contributed by atoms with van der Waals surface area (Å²) in [6, 6.07) is 4.63. The van der Waals surface area contributed by atoms with E-state index in [4.69, 9.17) is 25.2 Å². The molecular formula is C36H42F4N8O3. The van der Waals surface area contributed by atoms with Gasteiger partial charge in [0.1, 0.15) is 12.4 Å². The molecule has 1 unspecified atom stereocenters. The third-order valence-electron chi connectivity index (χ3n) is 11.1. The maximum Gasteiger partial charge on any atom is 0.417 e. The number of anilines is 2. The van der Waals surface area contributed by atoms with Crippen LogP contribution in [0.1, 0.15) is 88.8 Å². The van der Waals surface area contributed by atoms with Crippen molar-refractivity contribution < 1.29 is 31.8 Å². The SMILES string of the molecule is Cc1cc(N)cc([C@@H]2Cc3nc(OCC45CCCN4C/C(=C\F)C5)nc(N4CCCn5nc(C(=O)N6CCCC6)cc5C4)c3CO2)c1C(F)(F)F. The lowest BCUT2D eigenvalue weighted by molar-refractivity contribution is -0.140. The minimum absolute atomic E-state index is 0.0163. The van der Waals surface area contributed by atoms with Crippen molar-refractivity contribution in [3.63, 3.8) is 0 Å². The zero-order chi connectivity index (χ0) is 35.5. The van der Waals surface area contributed by atoms with Crippen LogP contribution in [0.2, 0.25) is 0 Å². The van der Waals surface area contributed by atoms with Crippen LogP contribution in [0.5, 0.6) is 6.01 Å². The van der Waals surface area contributed by atoms with Crippen molar-refractivity contribution in [2.24, 2.45) is 0 Å². The van der Waals surface area contributed by atoms with E-state index in [2.05, 4.69) is 14.9 Å². The molecule has 0 aliphatic carbocycles. The lowest BCUT2D eigenvalue weighted by Gasteiger charge is -2.33. The Morgan fingerprint density at radius 3 is 2.69 bits per heavy atom. The Balaban J connectivity index is 1.14. The van der Waals surface area contributed by atoms with Gasteiger partial charge in [-0.15, -0.1) is 0 Å². The van der Waals surface area contributed by atoms with Gasteiger partial charge in [0.15, 0.2) is 5.69 Å². The van der Waals surface area contributed by atoms with Gasteiger partial charge in [-0.1, -0.05) is 0 Å². The zero-order valence-electron chi connectivity index (χ0n) is 28.6. The van der Waals surface area contributed by atoms with Crippen molar-refractivity contribution >= 4 is 17.4 Å². The molecule has 3 aromatic rings. The number of nitrogens with two attached hydrogens (primary N) is 1. The van der Waals surface area contributed by atoms with Crippen molar-refractivity contribution in [3.05, 3.63) is 69.4 Å². The van der Waals surface area contributed by atoms with E-state index < -0.39 is 17.8 Å². The van der Waals surface area contributed by atoms with Crippen LogP contribution in [0.15, 0.2) is 30.1 Å². The molecule has 2 N–H and O–H groups in total. The number of fused-ring (bicyclic) bond motifs is 3. The summed E-state index contributed by atoms with van der Waals surface area (Å²) in [5.41, 5.74) is 8.39. The fourth-order valence-electron chi connectivity index (χ4n) is 8.72. The second-order valence-corrected chi connectivity index (χ2v) is 14.6. The third kappa shape index (κ3) is 6.32. The predicted octanol–water partition coefficient (Wildman–Crippen LogP) is 5.51. The van der Waals surface area contributed by atoms with Crippen LogP contribution in [0, 0.1) is 6.92 Å². The summed E-state index contributed by atoms with van der Waals surface area (Å²) in [4.78, 5) is 29.1. The lowest BCUT2D eigenvalue weighted by Crippen LogP contribution is -2.43. The van der Waals surface area contributed by atoms with Crippen molar-refractivity contribution in [1.29, 1.82) is 0 Å². The second-order valence-electron chi connectivity index (χ2n) is 14.6. The molecule has 2 atom stereocenters. The summed E-state index contributed by atoms with van der Waals surface area (Å²) in [6.07, 6.45) is 0.264. The number of carbonyl (C=O) groups excluding carboxylic acids is 1. The largest absolute Gasteiger partial charge is 0.461 e. The van der Waals surface area contributed by atoms with Gasteiger partial charge in [0.25, 0.3) is 5.91 Å². The van der Waals surface area contributed by atoms with E-state index in [9.17, 15) is 22.4 Å². The number of amides is 1. The minimum atomic E-state index is -4.60. The first-order valence-electron chi connectivity index (χ1n) is 17.8. The highest BCUT2D eigenvalue weighted by Gasteiger charge is 2.47. The summed E-state index contributed by atoms with van der Waals surface area (Å²) < 4.78 is 71.1. The summed E-state index contributed by atoms with van der Waals surface area (Å²) in [6.45, 7) is 6.14. The molecule has 3 fully saturated rings. The highest BCUT2D eigenvalue weighted by Crippen LogP contribution is 2.44. The normalized spacial score (nSPS) is 24.5. The molecule has 3 saturated heterocycles. The number of ether oxygens (including phenoxy) is 2. The van der Waals surface area contributed by atoms with Crippen LogP contribution < -0.4 is 15.4 Å². The predicted molar refractivity (Wildman–Crippen MR) is 180 cm³/mol. The number of carbonyl (C=O) groups is 1. The number of aryl methyl sites for hydroxylation is 2. The van der Waals surface area contributed by atoms with Crippen LogP contribution in [0.3, 0.4) is 0 Å². The number of halogens is 4. The van der Waals surface area contributed by atoms with E-state index in [-0.39, 0.29) is 53.9 Å². The summed E-state index contributed by atoms with van der Waals surface area (Å²) in [5.74, 6) is 0.508. The number of aromatic nitrogens is 4. The number of rotatable bonds is 6. The van der Waals surface area contributed by atoms with Crippen LogP contribution in [-0.4, -0.2) is 80.3 Å². The molecule has 0 radical (unpaired) electrons. The average Bonchev–Trinajstić information content (AvgIpc) is 3.88. The molecule has 2 aromatic heterocycles. The van der Waals surface area contributed by atoms with E-state index in [0.717, 1.165) is 63.0 Å². The van der Waals surface area contributed by atoms with Gasteiger partial charge in [-0.05, 0) is 86.9 Å². The van der Waals surface area contributed by atoms with E-state index in [1.165, 1.54) is 19.1 Å². The Bertz CT molecular complexity index is 1870. The number of likely N-dealkylation sites (tertiary alicyclic amines) is 1. The molecule has 51 heavy (non-hydrogen) atoms. The Hall–Kier alpha value is -4.24. The van der Waals surface area contributed by atoms with Gasteiger partial charge < -0.3 is 25.0 Å². The molecule has 272 valence electrons. The van der Waals surface area contributed by atoms with Gasteiger partial charge in [0.2, 0.25) is 0 Å². The van der Waals surface area contributed by atoms with Crippen LogP contribution in [0.4, 0.5) is 29.1 Å². The van der Waals surface area contributed by atoms with Gasteiger partial charge in [-0.3, -0.25) is 14.4 Å². The van der Waals surface area contributed by atoms with Crippen molar-refractivity contribution in [2.75, 3.05) is 50.0 Å². The number of benzene rings is 1. The summed E-state index contributed by atoms with van der Waals surface area (Å²) in [5, 5.41) is 4.67. The molecule has 11 nitrogen and oxygen atoms in total. The first kappa shape index (κ1) is 33.9. The van der Waals surface area contributed by atoms with E-state index in [0.29, 0.717) is 61.7 Å². The van der Waals surface area contributed by atoms with Gasteiger partial charge in [0, 0.05) is 50.4 Å². The monoisotopic (exact) mass is 710 g/mol. The van der Waals surface area contributed by atoms with Crippen molar-refractivity contribution in [2.45, 2.75) is 89.4 Å². The molecule has 7 heterocycles. The van der Waals surface area contributed by atoms with Gasteiger partial charge >= 0.3 is 12.2 Å². The number of hydrogen-bond donors (Lipinski definition) is 1. The number of hydrogen-bond acceptors (Lipinski definition) is 9. The quantitative estimate of drug-likeness (QED) is 0.261. The van der Waals surface area contributed by atoms with Crippen molar-refractivity contribution in [1.82, 2.24) is 29.5 Å². The van der Waals surface area contributed by atoms with E-state index in [1.807, 2.05) is 15.6 Å². The maximum atomic E-state index is 14.4. The fourth-order valence-corrected chi connectivity index (χ4v) is 8.72. The molecule has 1 amide bonds. The first-order chi connectivity index (χ1) is 24.5. The zero-order valence-corrected chi connectivity index (χ0v) is 28.6. The minimum Gasteiger partial charge on any atom is -0.461 e. The van der Waals surface area contributed by atoms with Crippen LogP contribution >= 0.6 is 0 Å². The first-order valence-corrected chi connectivity index (χ1v) is 17.8. The lowest BCUT2D eigenvalue weighted by atomic mass is 9.92. The Labute approximate surface area is 293 Å². The van der Waals surface area contributed by atoms with E-state index in [1.54, 1.807) is 0 Å². The molecule has 0 saturated carbocycles. The fraction of sp³-hybridized carbons (Fsp3) is 0.556. The number of nitrogen functional groups attached to an aromatic ring is 1. The third-order valence-corrected chi connectivity index (χ3v) is 11.1. The molecular weight excluding hydrogens is 668 g/mol. The maximum absolute atomic E-state index is 14.4. The van der Waals surface area contributed by atoms with Crippen molar-refractivity contribution in [3.8, 4) is 6.01 Å².